The van der Waals surface area contributed by atoms with Gasteiger partial charge < -0.3 is 4.74 Å². The summed E-state index contributed by atoms with van der Waals surface area (Å²) in [5, 5.41) is 4.42. The summed E-state index contributed by atoms with van der Waals surface area (Å²) in [6.07, 6.45) is 8.86. The Morgan fingerprint density at radius 1 is 1.26 bits per heavy atom. The molecule has 0 unspecified atom stereocenters. The molecule has 0 radical (unpaired) electrons. The van der Waals surface area contributed by atoms with Crippen molar-refractivity contribution in [1.82, 2.24) is 10.0 Å². The normalized spacial score (nSPS) is 29.2. The van der Waals surface area contributed by atoms with E-state index in [1.807, 2.05) is 0 Å². The fourth-order valence-electron chi connectivity index (χ4n) is 3.45. The van der Waals surface area contributed by atoms with Crippen LogP contribution in [0.5, 0.6) is 0 Å². The zero-order valence-corrected chi connectivity index (χ0v) is 12.4. The lowest BCUT2D eigenvalue weighted by Crippen LogP contribution is -2.56. The molecule has 0 aromatic rings. The van der Waals surface area contributed by atoms with Crippen LogP contribution in [0.25, 0.3) is 0 Å². The largest absolute Gasteiger partial charge is 0.383 e. The second-order valence-electron chi connectivity index (χ2n) is 5.84. The minimum absolute atomic E-state index is 0.329. The molecule has 2 rings (SSSR count). The molecule has 0 aromatic heterocycles. The zero-order valence-electron chi connectivity index (χ0n) is 12.4. The first-order valence-corrected chi connectivity index (χ1v) is 7.85. The molecule has 2 atom stereocenters. The molecule has 0 saturated carbocycles. The number of hydrogen-bond donors (Lipinski definition) is 0. The van der Waals surface area contributed by atoms with Gasteiger partial charge in [0.15, 0.2) is 0 Å². The highest BCUT2D eigenvalue weighted by Gasteiger charge is 2.37. The van der Waals surface area contributed by atoms with Crippen LogP contribution in [0, 0.1) is 0 Å². The number of rotatable bonds is 6. The molecule has 2 aliphatic heterocycles. The Morgan fingerprint density at radius 3 is 2.79 bits per heavy atom. The van der Waals surface area contributed by atoms with E-state index in [2.05, 4.69) is 16.9 Å². The van der Waals surface area contributed by atoms with Crippen molar-refractivity contribution in [3.8, 4) is 0 Å². The van der Waals surface area contributed by atoms with Gasteiger partial charge in [-0.3, -0.25) is 9.80 Å². The Balaban J connectivity index is 2.05. The Labute approximate surface area is 117 Å². The van der Waals surface area contributed by atoms with Crippen LogP contribution in [0.15, 0.2) is 0 Å². The highest BCUT2D eigenvalue weighted by molar-refractivity contribution is 5.76. The first kappa shape index (κ1) is 14.8. The van der Waals surface area contributed by atoms with E-state index in [4.69, 9.17) is 4.74 Å². The van der Waals surface area contributed by atoms with Crippen molar-refractivity contribution in [2.45, 2.75) is 70.4 Å². The highest BCUT2D eigenvalue weighted by Crippen LogP contribution is 2.29. The molecule has 0 N–H and O–H groups in total. The van der Waals surface area contributed by atoms with Gasteiger partial charge in [0.2, 0.25) is 5.91 Å². The van der Waals surface area contributed by atoms with Crippen molar-refractivity contribution < 1.29 is 9.53 Å². The van der Waals surface area contributed by atoms with Crippen molar-refractivity contribution in [2.24, 2.45) is 0 Å². The summed E-state index contributed by atoms with van der Waals surface area (Å²) in [4.78, 5) is 12.3. The van der Waals surface area contributed by atoms with E-state index in [-0.39, 0.29) is 0 Å². The van der Waals surface area contributed by atoms with Crippen LogP contribution < -0.4 is 0 Å². The van der Waals surface area contributed by atoms with Gasteiger partial charge in [-0.2, -0.15) is 0 Å². The molecule has 110 valence electrons. The van der Waals surface area contributed by atoms with Crippen molar-refractivity contribution in [1.29, 1.82) is 0 Å². The van der Waals surface area contributed by atoms with Gasteiger partial charge in [-0.05, 0) is 32.1 Å². The molecular weight excluding hydrogens is 240 g/mol. The number of nitrogens with zero attached hydrogens (tertiary/aromatic N) is 2. The third kappa shape index (κ3) is 3.48. The van der Waals surface area contributed by atoms with Gasteiger partial charge in [-0.25, -0.2) is 5.01 Å². The molecule has 0 bridgehead atoms. The van der Waals surface area contributed by atoms with E-state index < -0.39 is 0 Å². The molecule has 4 nitrogen and oxygen atoms in total. The first-order valence-electron chi connectivity index (χ1n) is 7.85. The Kier molecular flexibility index (Phi) is 5.64. The second-order valence-corrected chi connectivity index (χ2v) is 5.84. The van der Waals surface area contributed by atoms with E-state index in [0.29, 0.717) is 18.0 Å². The van der Waals surface area contributed by atoms with Gasteiger partial charge >= 0.3 is 0 Å². The highest BCUT2D eigenvalue weighted by atomic mass is 16.5. The third-order valence-corrected chi connectivity index (χ3v) is 4.40. The van der Waals surface area contributed by atoms with Gasteiger partial charge in [0.05, 0.1) is 12.6 Å². The Bertz CT molecular complexity index is 296. The molecule has 2 aliphatic rings. The predicted octanol–water partition coefficient (Wildman–Crippen LogP) is 2.58. The van der Waals surface area contributed by atoms with Crippen LogP contribution in [-0.4, -0.2) is 48.3 Å². The summed E-state index contributed by atoms with van der Waals surface area (Å²) in [5.74, 6) is 0.329. The smallest absolute Gasteiger partial charge is 0.237 e. The first-order chi connectivity index (χ1) is 9.27. The molecule has 19 heavy (non-hydrogen) atoms. The third-order valence-electron chi connectivity index (χ3n) is 4.40. The number of ether oxygens (including phenoxy) is 1. The molecule has 0 aliphatic carbocycles. The van der Waals surface area contributed by atoms with E-state index in [0.717, 1.165) is 38.8 Å². The molecule has 2 saturated heterocycles. The number of methoxy groups -OCH3 is 1. The SMILES string of the molecule is CCCC[C@@H]1CCCC(=O)N1N1CCC[C@H]1COC. The topological polar surface area (TPSA) is 32.8 Å². The maximum atomic E-state index is 12.3. The number of hydrogen-bond acceptors (Lipinski definition) is 3. The summed E-state index contributed by atoms with van der Waals surface area (Å²) in [5.41, 5.74) is 0. The Morgan fingerprint density at radius 2 is 2.05 bits per heavy atom. The average Bonchev–Trinajstić information content (AvgIpc) is 2.85. The van der Waals surface area contributed by atoms with E-state index in [1.54, 1.807) is 7.11 Å². The van der Waals surface area contributed by atoms with E-state index >= 15 is 0 Å². The summed E-state index contributed by atoms with van der Waals surface area (Å²) in [6, 6.07) is 0.829. The van der Waals surface area contributed by atoms with Gasteiger partial charge in [-0.15, -0.1) is 0 Å². The maximum absolute atomic E-state index is 12.3. The number of unbranched alkanes of at least 4 members (excludes halogenated alkanes) is 1. The molecule has 2 fully saturated rings. The average molecular weight is 268 g/mol. The van der Waals surface area contributed by atoms with E-state index in [9.17, 15) is 4.79 Å². The minimum atomic E-state index is 0.329. The molecule has 2 heterocycles. The zero-order chi connectivity index (χ0) is 13.7. The van der Waals surface area contributed by atoms with Crippen LogP contribution in [0.1, 0.15) is 58.3 Å². The molecule has 0 spiro atoms. The van der Waals surface area contributed by atoms with E-state index in [1.165, 1.54) is 25.7 Å². The lowest BCUT2D eigenvalue weighted by molar-refractivity contribution is -0.165. The van der Waals surface area contributed by atoms with Crippen molar-refractivity contribution in [3.63, 3.8) is 0 Å². The summed E-state index contributed by atoms with van der Waals surface area (Å²) >= 11 is 0. The number of hydrazine groups is 1. The quantitative estimate of drug-likeness (QED) is 0.742. The molecule has 0 aromatic carbocycles. The van der Waals surface area contributed by atoms with Gasteiger partial charge in [0.1, 0.15) is 0 Å². The van der Waals surface area contributed by atoms with Crippen molar-refractivity contribution in [3.05, 3.63) is 0 Å². The number of carbonyl (C=O) groups is 1. The van der Waals surface area contributed by atoms with Crippen molar-refractivity contribution >= 4 is 5.91 Å². The molecule has 4 heteroatoms. The van der Waals surface area contributed by atoms with Crippen LogP contribution >= 0.6 is 0 Å². The standard InChI is InChI=1S/C15H28N2O2/c1-3-4-7-13-8-5-10-15(18)17(13)16-11-6-9-14(16)12-19-2/h13-14H,3-12H2,1-2H3/t13-,14+/m1/s1. The van der Waals surface area contributed by atoms with Gasteiger partial charge in [-0.1, -0.05) is 19.8 Å². The van der Waals surface area contributed by atoms with Crippen LogP contribution in [0.2, 0.25) is 0 Å². The second kappa shape index (κ2) is 7.25. The molecular formula is C15H28N2O2. The summed E-state index contributed by atoms with van der Waals surface area (Å²) < 4.78 is 5.32. The van der Waals surface area contributed by atoms with Crippen molar-refractivity contribution in [2.75, 3.05) is 20.3 Å². The monoisotopic (exact) mass is 268 g/mol. The van der Waals surface area contributed by atoms with Crippen LogP contribution in [0.4, 0.5) is 0 Å². The molecule has 1 amide bonds. The van der Waals surface area contributed by atoms with Gasteiger partial charge in [0.25, 0.3) is 0 Å². The number of piperidine rings is 1. The predicted molar refractivity (Wildman–Crippen MR) is 75.6 cm³/mol. The van der Waals surface area contributed by atoms with Crippen LogP contribution in [0.3, 0.4) is 0 Å². The summed E-state index contributed by atoms with van der Waals surface area (Å²) in [6.45, 7) is 3.98. The fraction of sp³-hybridized carbons (Fsp3) is 0.933. The minimum Gasteiger partial charge on any atom is -0.383 e. The number of carbonyl (C=O) groups excluding carboxylic acids is 1. The van der Waals surface area contributed by atoms with Crippen LogP contribution in [-0.2, 0) is 9.53 Å². The summed E-state index contributed by atoms with van der Waals surface area (Å²) in [7, 11) is 1.75. The lowest BCUT2D eigenvalue weighted by atomic mass is 9.98. The Hall–Kier alpha value is -0.610. The van der Waals surface area contributed by atoms with Gasteiger partial charge in [0, 0.05) is 26.1 Å². The lowest BCUT2D eigenvalue weighted by Gasteiger charge is -2.44. The fourth-order valence-corrected chi connectivity index (χ4v) is 3.45. The number of amides is 1. The maximum Gasteiger partial charge on any atom is 0.237 e.